The third-order valence-corrected chi connectivity index (χ3v) is 3.60. The van der Waals surface area contributed by atoms with Gasteiger partial charge in [-0.05, 0) is 37.5 Å². The largest absolute Gasteiger partial charge is 0.388 e. The SMILES string of the molecule is CC(O)(CCc1ccccc1)CNC(=O)c1ccc(F)cc1F. The molecule has 2 N–H and O–H groups in total. The predicted octanol–water partition coefficient (Wildman–Crippen LogP) is 3.08. The molecule has 2 aromatic rings. The van der Waals surface area contributed by atoms with Crippen molar-refractivity contribution in [1.29, 1.82) is 0 Å². The van der Waals surface area contributed by atoms with E-state index in [9.17, 15) is 18.7 Å². The van der Waals surface area contributed by atoms with Crippen LogP contribution in [0.25, 0.3) is 0 Å². The molecular formula is C18H19F2NO2. The van der Waals surface area contributed by atoms with Crippen LogP contribution in [0.2, 0.25) is 0 Å². The van der Waals surface area contributed by atoms with Crippen molar-refractivity contribution in [1.82, 2.24) is 5.32 Å². The molecule has 0 bridgehead atoms. The lowest BCUT2D eigenvalue weighted by Crippen LogP contribution is -2.41. The van der Waals surface area contributed by atoms with E-state index in [1.54, 1.807) is 6.92 Å². The normalized spacial score (nSPS) is 13.4. The molecule has 0 saturated heterocycles. The highest BCUT2D eigenvalue weighted by Gasteiger charge is 2.22. The number of carbonyl (C=O) groups excluding carboxylic acids is 1. The van der Waals surface area contributed by atoms with Gasteiger partial charge in [-0.2, -0.15) is 0 Å². The zero-order chi connectivity index (χ0) is 16.9. The second-order valence-corrected chi connectivity index (χ2v) is 5.79. The maximum absolute atomic E-state index is 13.5. The Bertz CT molecular complexity index is 672. The van der Waals surface area contributed by atoms with E-state index in [1.165, 1.54) is 0 Å². The number of halogens is 2. The van der Waals surface area contributed by atoms with Crippen molar-refractivity contribution >= 4 is 5.91 Å². The van der Waals surface area contributed by atoms with E-state index < -0.39 is 23.1 Å². The van der Waals surface area contributed by atoms with Crippen LogP contribution in [0.4, 0.5) is 8.78 Å². The summed E-state index contributed by atoms with van der Waals surface area (Å²) in [6.07, 6.45) is 1.11. The fraction of sp³-hybridized carbons (Fsp3) is 0.278. The number of amides is 1. The second-order valence-electron chi connectivity index (χ2n) is 5.79. The van der Waals surface area contributed by atoms with Crippen LogP contribution in [-0.2, 0) is 6.42 Å². The van der Waals surface area contributed by atoms with Gasteiger partial charge in [-0.15, -0.1) is 0 Å². The highest BCUT2D eigenvalue weighted by molar-refractivity contribution is 5.94. The Balaban J connectivity index is 1.89. The molecule has 1 unspecified atom stereocenters. The first-order chi connectivity index (χ1) is 10.9. The fourth-order valence-electron chi connectivity index (χ4n) is 2.19. The van der Waals surface area contributed by atoms with Crippen LogP contribution in [0.1, 0.15) is 29.3 Å². The molecule has 2 aromatic carbocycles. The molecular weight excluding hydrogens is 300 g/mol. The molecule has 0 radical (unpaired) electrons. The van der Waals surface area contributed by atoms with Crippen molar-refractivity contribution in [2.24, 2.45) is 0 Å². The van der Waals surface area contributed by atoms with Gasteiger partial charge in [-0.3, -0.25) is 4.79 Å². The summed E-state index contributed by atoms with van der Waals surface area (Å²) in [5.41, 5.74) is -0.281. The topological polar surface area (TPSA) is 49.3 Å². The molecule has 1 amide bonds. The zero-order valence-corrected chi connectivity index (χ0v) is 12.9. The fourth-order valence-corrected chi connectivity index (χ4v) is 2.19. The number of benzene rings is 2. The molecule has 3 nitrogen and oxygen atoms in total. The Hall–Kier alpha value is -2.27. The lowest BCUT2D eigenvalue weighted by atomic mass is 9.96. The van der Waals surface area contributed by atoms with Crippen molar-refractivity contribution in [2.75, 3.05) is 6.54 Å². The molecule has 2 rings (SSSR count). The zero-order valence-electron chi connectivity index (χ0n) is 12.9. The predicted molar refractivity (Wildman–Crippen MR) is 84.1 cm³/mol. The number of hydrogen-bond donors (Lipinski definition) is 2. The van der Waals surface area contributed by atoms with Gasteiger partial charge in [0.1, 0.15) is 11.6 Å². The van der Waals surface area contributed by atoms with Crippen molar-refractivity contribution in [3.63, 3.8) is 0 Å². The number of aryl methyl sites for hydroxylation is 1. The first kappa shape index (κ1) is 17.1. The maximum Gasteiger partial charge on any atom is 0.254 e. The average molecular weight is 319 g/mol. The van der Waals surface area contributed by atoms with E-state index in [4.69, 9.17) is 0 Å². The molecule has 0 aliphatic heterocycles. The minimum Gasteiger partial charge on any atom is -0.388 e. The van der Waals surface area contributed by atoms with Gasteiger partial charge in [0.2, 0.25) is 0 Å². The van der Waals surface area contributed by atoms with Gasteiger partial charge >= 0.3 is 0 Å². The summed E-state index contributed by atoms with van der Waals surface area (Å²) in [5.74, 6) is -2.34. The van der Waals surface area contributed by atoms with Crippen molar-refractivity contribution < 1.29 is 18.7 Å². The van der Waals surface area contributed by atoms with Crippen LogP contribution in [0.3, 0.4) is 0 Å². The van der Waals surface area contributed by atoms with E-state index in [0.29, 0.717) is 18.9 Å². The van der Waals surface area contributed by atoms with Crippen LogP contribution < -0.4 is 5.32 Å². The van der Waals surface area contributed by atoms with E-state index >= 15 is 0 Å². The molecule has 23 heavy (non-hydrogen) atoms. The molecule has 0 spiro atoms. The minimum atomic E-state index is -1.12. The van der Waals surface area contributed by atoms with Crippen LogP contribution in [0.5, 0.6) is 0 Å². The second kappa shape index (κ2) is 7.33. The quantitative estimate of drug-likeness (QED) is 0.860. The Morgan fingerprint density at radius 3 is 2.52 bits per heavy atom. The van der Waals surface area contributed by atoms with Crippen molar-refractivity contribution in [2.45, 2.75) is 25.4 Å². The summed E-state index contributed by atoms with van der Waals surface area (Å²) >= 11 is 0. The molecule has 0 fully saturated rings. The molecule has 1 atom stereocenters. The Kier molecular flexibility index (Phi) is 5.45. The summed E-state index contributed by atoms with van der Waals surface area (Å²) in [6.45, 7) is 1.59. The monoisotopic (exact) mass is 319 g/mol. The van der Waals surface area contributed by atoms with E-state index in [2.05, 4.69) is 5.32 Å². The first-order valence-electron chi connectivity index (χ1n) is 7.37. The number of rotatable bonds is 6. The summed E-state index contributed by atoms with van der Waals surface area (Å²) < 4.78 is 26.4. The van der Waals surface area contributed by atoms with Crippen molar-refractivity contribution in [3.05, 3.63) is 71.3 Å². The molecule has 0 saturated carbocycles. The molecule has 0 aliphatic rings. The van der Waals surface area contributed by atoms with E-state index in [-0.39, 0.29) is 12.1 Å². The third kappa shape index (κ3) is 5.14. The number of aliphatic hydroxyl groups is 1. The van der Waals surface area contributed by atoms with Crippen molar-refractivity contribution in [3.8, 4) is 0 Å². The standard InChI is InChI=1S/C18H19F2NO2/c1-18(23,10-9-13-5-3-2-4-6-13)12-21-17(22)15-8-7-14(19)11-16(15)20/h2-8,11,23H,9-10,12H2,1H3,(H,21,22). The number of carbonyl (C=O) groups is 1. The first-order valence-corrected chi connectivity index (χ1v) is 7.37. The average Bonchev–Trinajstić information content (AvgIpc) is 2.52. The highest BCUT2D eigenvalue weighted by Crippen LogP contribution is 2.14. The molecule has 122 valence electrons. The van der Waals surface area contributed by atoms with Gasteiger partial charge < -0.3 is 10.4 Å². The summed E-state index contributed by atoms with van der Waals surface area (Å²) in [7, 11) is 0. The van der Waals surface area contributed by atoms with E-state index in [0.717, 1.165) is 17.7 Å². The van der Waals surface area contributed by atoms with Gasteiger partial charge in [0.15, 0.2) is 0 Å². The Labute approximate surface area is 134 Å². The van der Waals surface area contributed by atoms with Gasteiger partial charge in [0.05, 0.1) is 11.2 Å². The lowest BCUT2D eigenvalue weighted by Gasteiger charge is -2.23. The van der Waals surface area contributed by atoms with Crippen LogP contribution in [0.15, 0.2) is 48.5 Å². The molecule has 0 aliphatic carbocycles. The molecule has 5 heteroatoms. The van der Waals surface area contributed by atoms with Crippen LogP contribution in [-0.4, -0.2) is 23.2 Å². The summed E-state index contributed by atoms with van der Waals surface area (Å²) in [4.78, 5) is 11.9. The minimum absolute atomic E-state index is 0.0184. The smallest absolute Gasteiger partial charge is 0.254 e. The molecule has 0 aromatic heterocycles. The lowest BCUT2D eigenvalue weighted by molar-refractivity contribution is 0.0477. The van der Waals surface area contributed by atoms with Gasteiger partial charge in [0.25, 0.3) is 5.91 Å². The van der Waals surface area contributed by atoms with Gasteiger partial charge in [-0.1, -0.05) is 30.3 Å². The Morgan fingerprint density at radius 2 is 1.87 bits per heavy atom. The maximum atomic E-state index is 13.5. The highest BCUT2D eigenvalue weighted by atomic mass is 19.1. The summed E-state index contributed by atoms with van der Waals surface area (Å²) in [5, 5.41) is 12.8. The third-order valence-electron chi connectivity index (χ3n) is 3.60. The summed E-state index contributed by atoms with van der Waals surface area (Å²) in [6, 6.07) is 12.4. The van der Waals surface area contributed by atoms with Crippen LogP contribution in [0, 0.1) is 11.6 Å². The number of hydrogen-bond acceptors (Lipinski definition) is 2. The van der Waals surface area contributed by atoms with Gasteiger partial charge in [-0.25, -0.2) is 8.78 Å². The Morgan fingerprint density at radius 1 is 1.17 bits per heavy atom. The van der Waals surface area contributed by atoms with E-state index in [1.807, 2.05) is 30.3 Å². The van der Waals surface area contributed by atoms with Crippen LogP contribution >= 0.6 is 0 Å². The molecule has 0 heterocycles. The number of nitrogens with one attached hydrogen (secondary N) is 1. The van der Waals surface area contributed by atoms with Gasteiger partial charge in [0, 0.05) is 12.6 Å².